The highest BCUT2D eigenvalue weighted by molar-refractivity contribution is 6.11. The average molecular weight is 353 g/mol. The Morgan fingerprint density at radius 3 is 2.88 bits per heavy atom. The summed E-state index contributed by atoms with van der Waals surface area (Å²) in [6.45, 7) is 3.82. The molecule has 0 aromatic heterocycles. The quantitative estimate of drug-likeness (QED) is 0.864. The summed E-state index contributed by atoms with van der Waals surface area (Å²) in [5, 5.41) is 6.12. The van der Waals surface area contributed by atoms with Crippen LogP contribution < -0.4 is 15.5 Å². The molecule has 1 aromatic carbocycles. The van der Waals surface area contributed by atoms with Gasteiger partial charge in [0.1, 0.15) is 6.54 Å². The normalized spacial score (nSPS) is 22.2. The Morgan fingerprint density at radius 1 is 1.38 bits per heavy atom. The molecule has 7 heteroatoms. The maximum atomic E-state index is 13.0. The van der Waals surface area contributed by atoms with Gasteiger partial charge in [-0.15, -0.1) is 12.4 Å². The van der Waals surface area contributed by atoms with Gasteiger partial charge in [0.25, 0.3) is 0 Å². The van der Waals surface area contributed by atoms with Crippen LogP contribution in [-0.2, 0) is 9.59 Å². The van der Waals surface area contributed by atoms with Gasteiger partial charge in [-0.25, -0.2) is 0 Å². The van der Waals surface area contributed by atoms with E-state index in [9.17, 15) is 9.59 Å². The Balaban J connectivity index is 0.00000208. The van der Waals surface area contributed by atoms with Crippen LogP contribution in [0.5, 0.6) is 0 Å². The molecule has 0 radical (unpaired) electrons. The molecule has 2 heterocycles. The Bertz CT molecular complexity index is 610. The summed E-state index contributed by atoms with van der Waals surface area (Å²) in [6.07, 6.45) is 2.23. The van der Waals surface area contributed by atoms with Crippen LogP contribution in [0.4, 0.5) is 11.4 Å². The van der Waals surface area contributed by atoms with Crippen LogP contribution in [0.25, 0.3) is 0 Å². The van der Waals surface area contributed by atoms with Gasteiger partial charge in [-0.05, 0) is 45.5 Å². The molecule has 0 saturated carbocycles. The van der Waals surface area contributed by atoms with Crippen molar-refractivity contribution in [1.82, 2.24) is 10.2 Å². The van der Waals surface area contributed by atoms with E-state index in [-0.39, 0.29) is 36.8 Å². The maximum absolute atomic E-state index is 13.0. The molecule has 132 valence electrons. The van der Waals surface area contributed by atoms with E-state index < -0.39 is 0 Å². The third-order valence-corrected chi connectivity index (χ3v) is 4.80. The molecule has 2 unspecified atom stereocenters. The standard InChI is InChI=1S/C17H24N4O2.ClH/c1-12(20-9-5-6-13(10-20)18-2)17(23)21-11-16(22)19-14-7-3-4-8-15(14)21;/h3-4,7-8,12-13,18H,5-6,9-11H2,1-2H3,(H,19,22);1H. The number of halogens is 1. The molecule has 24 heavy (non-hydrogen) atoms. The van der Waals surface area contributed by atoms with E-state index in [0.717, 1.165) is 31.6 Å². The number of hydrogen-bond donors (Lipinski definition) is 2. The van der Waals surface area contributed by atoms with Gasteiger partial charge < -0.3 is 10.6 Å². The smallest absolute Gasteiger partial charge is 0.244 e. The lowest BCUT2D eigenvalue weighted by Crippen LogP contribution is -2.55. The zero-order valence-corrected chi connectivity index (χ0v) is 14.9. The van der Waals surface area contributed by atoms with Gasteiger partial charge in [0.15, 0.2) is 0 Å². The fraction of sp³-hybridized carbons (Fsp3) is 0.529. The Kier molecular flexibility index (Phi) is 6.21. The van der Waals surface area contributed by atoms with Crippen molar-refractivity contribution in [1.29, 1.82) is 0 Å². The molecule has 3 rings (SSSR count). The van der Waals surface area contributed by atoms with Gasteiger partial charge in [-0.2, -0.15) is 0 Å². The van der Waals surface area contributed by atoms with Crippen molar-refractivity contribution in [2.45, 2.75) is 31.8 Å². The van der Waals surface area contributed by atoms with E-state index in [4.69, 9.17) is 0 Å². The van der Waals surface area contributed by atoms with E-state index in [0.29, 0.717) is 11.7 Å². The third-order valence-electron chi connectivity index (χ3n) is 4.80. The molecule has 6 nitrogen and oxygen atoms in total. The van der Waals surface area contributed by atoms with Crippen molar-refractivity contribution >= 4 is 35.6 Å². The summed E-state index contributed by atoms with van der Waals surface area (Å²) >= 11 is 0. The predicted octanol–water partition coefficient (Wildman–Crippen LogP) is 1.47. The lowest BCUT2D eigenvalue weighted by molar-refractivity contribution is -0.125. The van der Waals surface area contributed by atoms with Gasteiger partial charge in [-0.1, -0.05) is 12.1 Å². The minimum absolute atomic E-state index is 0. The summed E-state index contributed by atoms with van der Waals surface area (Å²) < 4.78 is 0. The number of nitrogens with zero attached hydrogens (tertiary/aromatic N) is 2. The Hall–Kier alpha value is -1.63. The minimum atomic E-state index is -0.231. The summed E-state index contributed by atoms with van der Waals surface area (Å²) in [5.41, 5.74) is 1.49. The second kappa shape index (κ2) is 7.96. The molecule has 2 aliphatic heterocycles. The summed E-state index contributed by atoms with van der Waals surface area (Å²) in [6, 6.07) is 7.65. The van der Waals surface area contributed by atoms with Crippen molar-refractivity contribution in [2.75, 3.05) is 36.9 Å². The van der Waals surface area contributed by atoms with Gasteiger partial charge in [0.05, 0.1) is 17.4 Å². The number of amides is 2. The zero-order valence-electron chi connectivity index (χ0n) is 14.1. The van der Waals surface area contributed by atoms with Crippen LogP contribution in [0.15, 0.2) is 24.3 Å². The number of likely N-dealkylation sites (N-methyl/N-ethyl adjacent to an activating group) is 1. The molecule has 1 fully saturated rings. The van der Waals surface area contributed by atoms with Gasteiger partial charge in [0, 0.05) is 12.6 Å². The first-order valence-electron chi connectivity index (χ1n) is 8.21. The van der Waals surface area contributed by atoms with Crippen LogP contribution in [0, 0.1) is 0 Å². The molecule has 0 bridgehead atoms. The number of carbonyl (C=O) groups excluding carboxylic acids is 2. The number of carbonyl (C=O) groups is 2. The molecular weight excluding hydrogens is 328 g/mol. The number of para-hydroxylation sites is 2. The first-order valence-corrected chi connectivity index (χ1v) is 8.21. The zero-order chi connectivity index (χ0) is 16.4. The largest absolute Gasteiger partial charge is 0.323 e. The molecule has 2 N–H and O–H groups in total. The van der Waals surface area contributed by atoms with Crippen molar-refractivity contribution in [2.24, 2.45) is 0 Å². The highest BCUT2D eigenvalue weighted by atomic mass is 35.5. The second-order valence-corrected chi connectivity index (χ2v) is 6.29. The van der Waals surface area contributed by atoms with Crippen molar-refractivity contribution in [3.05, 3.63) is 24.3 Å². The van der Waals surface area contributed by atoms with E-state index in [1.807, 2.05) is 38.2 Å². The second-order valence-electron chi connectivity index (χ2n) is 6.29. The molecule has 2 aliphatic rings. The van der Waals surface area contributed by atoms with Crippen LogP contribution in [0.3, 0.4) is 0 Å². The molecule has 1 aromatic rings. The topological polar surface area (TPSA) is 64.7 Å². The Morgan fingerprint density at radius 2 is 2.12 bits per heavy atom. The first kappa shape index (κ1) is 18.7. The molecule has 2 amide bonds. The number of hydrogen-bond acceptors (Lipinski definition) is 4. The molecular formula is C17H25ClN4O2. The highest BCUT2D eigenvalue weighted by Gasteiger charge is 2.33. The summed E-state index contributed by atoms with van der Waals surface area (Å²) in [4.78, 5) is 28.7. The third kappa shape index (κ3) is 3.71. The van der Waals surface area contributed by atoms with Gasteiger partial charge in [0.2, 0.25) is 11.8 Å². The number of benzene rings is 1. The molecule has 1 saturated heterocycles. The number of piperidine rings is 1. The van der Waals surface area contributed by atoms with E-state index in [2.05, 4.69) is 15.5 Å². The summed E-state index contributed by atoms with van der Waals surface area (Å²) in [7, 11) is 1.96. The summed E-state index contributed by atoms with van der Waals surface area (Å²) in [5.74, 6) is -0.153. The highest BCUT2D eigenvalue weighted by Crippen LogP contribution is 2.30. The molecule has 2 atom stereocenters. The monoisotopic (exact) mass is 352 g/mol. The van der Waals surface area contributed by atoms with Crippen LogP contribution in [0.1, 0.15) is 19.8 Å². The number of nitrogens with one attached hydrogen (secondary N) is 2. The van der Waals surface area contributed by atoms with Gasteiger partial charge in [-0.3, -0.25) is 19.4 Å². The fourth-order valence-corrected chi connectivity index (χ4v) is 3.41. The lowest BCUT2D eigenvalue weighted by atomic mass is 10.0. The number of fused-ring (bicyclic) bond motifs is 1. The number of anilines is 2. The molecule has 0 spiro atoms. The molecule has 0 aliphatic carbocycles. The van der Waals surface area contributed by atoms with E-state index in [1.54, 1.807) is 4.90 Å². The average Bonchev–Trinajstić information content (AvgIpc) is 2.59. The predicted molar refractivity (Wildman–Crippen MR) is 97.8 cm³/mol. The van der Waals surface area contributed by atoms with Gasteiger partial charge >= 0.3 is 0 Å². The van der Waals surface area contributed by atoms with E-state index in [1.165, 1.54) is 0 Å². The van der Waals surface area contributed by atoms with Crippen molar-refractivity contribution < 1.29 is 9.59 Å². The Labute approximate surface area is 149 Å². The van der Waals surface area contributed by atoms with Crippen molar-refractivity contribution in [3.8, 4) is 0 Å². The van der Waals surface area contributed by atoms with E-state index >= 15 is 0 Å². The first-order chi connectivity index (χ1) is 11.1. The minimum Gasteiger partial charge on any atom is -0.323 e. The van der Waals surface area contributed by atoms with Crippen LogP contribution >= 0.6 is 12.4 Å². The number of rotatable bonds is 3. The van der Waals surface area contributed by atoms with Crippen molar-refractivity contribution in [3.63, 3.8) is 0 Å². The van der Waals surface area contributed by atoms with Crippen LogP contribution in [-0.4, -0.2) is 55.5 Å². The fourth-order valence-electron chi connectivity index (χ4n) is 3.41. The van der Waals surface area contributed by atoms with Crippen LogP contribution in [0.2, 0.25) is 0 Å². The lowest BCUT2D eigenvalue weighted by Gasteiger charge is -2.39. The number of likely N-dealkylation sites (tertiary alicyclic amines) is 1. The maximum Gasteiger partial charge on any atom is 0.244 e. The SMILES string of the molecule is CNC1CCCN(C(C)C(=O)N2CC(=O)Nc3ccccc32)C1.Cl.